The van der Waals surface area contributed by atoms with Crippen LogP contribution in [-0.2, 0) is 6.18 Å². The lowest BCUT2D eigenvalue weighted by atomic mass is 9.97. The molecule has 1 aliphatic carbocycles. The molecule has 1 aromatic rings. The second-order valence-electron chi connectivity index (χ2n) is 6.21. The van der Waals surface area contributed by atoms with Crippen LogP contribution in [0.1, 0.15) is 36.4 Å². The molecule has 0 bridgehead atoms. The van der Waals surface area contributed by atoms with Gasteiger partial charge in [-0.3, -0.25) is 4.90 Å². The Morgan fingerprint density at radius 3 is 2.25 bits per heavy atom. The summed E-state index contributed by atoms with van der Waals surface area (Å²) in [7, 11) is 0. The van der Waals surface area contributed by atoms with Crippen molar-refractivity contribution in [2.75, 3.05) is 26.2 Å². The van der Waals surface area contributed by atoms with Gasteiger partial charge < -0.3 is 5.32 Å². The molecule has 1 heterocycles. The van der Waals surface area contributed by atoms with E-state index in [1.165, 1.54) is 6.07 Å². The number of hydrogen-bond acceptors (Lipinski definition) is 2. The summed E-state index contributed by atoms with van der Waals surface area (Å²) in [5, 5.41) is 3.25. The maximum atomic E-state index is 14.3. The normalized spacial score (nSPS) is 20.0. The molecule has 1 aliphatic heterocycles. The fraction of sp³-hybridized carbons (Fsp3) is 0.625. The Morgan fingerprint density at radius 2 is 1.75 bits per heavy atom. The van der Waals surface area contributed by atoms with E-state index in [1.807, 2.05) is 0 Å². The quantitative estimate of drug-likeness (QED) is 0.767. The predicted octanol–water partition coefficient (Wildman–Crippen LogP) is 4.43. The van der Waals surface area contributed by atoms with E-state index in [0.29, 0.717) is 17.5 Å². The smallest absolute Gasteiger partial charge is 0.314 e. The fourth-order valence-corrected chi connectivity index (χ4v) is 3.11. The van der Waals surface area contributed by atoms with E-state index in [1.54, 1.807) is 0 Å². The maximum Gasteiger partial charge on any atom is 0.416 e. The Labute approximate surface area is 151 Å². The molecular weight excluding hydrogens is 367 g/mol. The van der Waals surface area contributed by atoms with E-state index in [-0.39, 0.29) is 30.9 Å². The molecule has 24 heavy (non-hydrogen) atoms. The van der Waals surface area contributed by atoms with Crippen molar-refractivity contribution in [2.45, 2.75) is 31.5 Å². The van der Waals surface area contributed by atoms with Gasteiger partial charge in [0.2, 0.25) is 0 Å². The third kappa shape index (κ3) is 5.22. The molecule has 0 amide bonds. The zero-order valence-corrected chi connectivity index (χ0v) is 14.7. The molecule has 0 aromatic heterocycles. The molecule has 1 saturated heterocycles. The van der Waals surface area contributed by atoms with Crippen molar-refractivity contribution in [1.29, 1.82) is 0 Å². The van der Waals surface area contributed by atoms with Crippen LogP contribution in [0.15, 0.2) is 18.2 Å². The largest absolute Gasteiger partial charge is 0.416 e. The van der Waals surface area contributed by atoms with Crippen LogP contribution in [0.4, 0.5) is 17.6 Å². The summed E-state index contributed by atoms with van der Waals surface area (Å²) in [5.74, 6) is -0.152. The average molecular weight is 389 g/mol. The third-order valence-electron chi connectivity index (χ3n) is 4.53. The van der Waals surface area contributed by atoms with Crippen molar-refractivity contribution in [3.63, 3.8) is 0 Å². The molecule has 2 aliphatic rings. The first-order valence-corrected chi connectivity index (χ1v) is 7.76. The molecule has 0 spiro atoms. The van der Waals surface area contributed by atoms with Gasteiger partial charge in [0.15, 0.2) is 0 Å². The van der Waals surface area contributed by atoms with Gasteiger partial charge in [-0.25, -0.2) is 4.39 Å². The van der Waals surface area contributed by atoms with Crippen LogP contribution >= 0.6 is 24.8 Å². The zero-order chi connectivity index (χ0) is 15.7. The number of hydrogen-bond donors (Lipinski definition) is 1. The maximum absolute atomic E-state index is 14.3. The minimum atomic E-state index is -4.50. The van der Waals surface area contributed by atoms with Crippen molar-refractivity contribution in [3.8, 4) is 0 Å². The molecule has 0 radical (unpaired) electrons. The molecule has 1 aromatic carbocycles. The first-order valence-electron chi connectivity index (χ1n) is 7.76. The lowest BCUT2D eigenvalue weighted by molar-refractivity contribution is -0.137. The van der Waals surface area contributed by atoms with Crippen molar-refractivity contribution in [3.05, 3.63) is 35.1 Å². The summed E-state index contributed by atoms with van der Waals surface area (Å²) in [6, 6.07) is 2.85. The molecule has 3 rings (SSSR count). The second kappa shape index (κ2) is 8.70. The molecule has 2 fully saturated rings. The fourth-order valence-electron chi connectivity index (χ4n) is 3.11. The summed E-state index contributed by atoms with van der Waals surface area (Å²) in [4.78, 5) is 2.19. The Balaban J connectivity index is 0.00000144. The van der Waals surface area contributed by atoms with Gasteiger partial charge in [-0.05, 0) is 24.5 Å². The minimum Gasteiger partial charge on any atom is -0.314 e. The highest BCUT2D eigenvalue weighted by atomic mass is 35.5. The number of rotatable bonds is 4. The standard InChI is InChI=1S/C16H20F4N2.2ClH/c17-14-10-12(16(18,19)20)3-4-13(14)15(9-11-1-2-11)22-7-5-21-6-8-22;;/h3-4,10-11,15,21H,1-2,5-9H2;2*1H/t15-;;/m1../s1. The van der Waals surface area contributed by atoms with Gasteiger partial charge in [0.1, 0.15) is 5.82 Å². The molecule has 8 heteroatoms. The molecule has 2 nitrogen and oxygen atoms in total. The Hall–Kier alpha value is -0.560. The van der Waals surface area contributed by atoms with Crippen LogP contribution in [0, 0.1) is 11.7 Å². The first-order chi connectivity index (χ1) is 10.4. The number of nitrogens with zero attached hydrogens (tertiary/aromatic N) is 1. The number of halogens is 6. The molecule has 0 unspecified atom stereocenters. The summed E-state index contributed by atoms with van der Waals surface area (Å²) in [6.45, 7) is 3.28. The first kappa shape index (κ1) is 21.5. The van der Waals surface area contributed by atoms with Gasteiger partial charge in [0, 0.05) is 37.8 Å². The van der Waals surface area contributed by atoms with Gasteiger partial charge in [-0.1, -0.05) is 18.9 Å². The summed E-state index contributed by atoms with van der Waals surface area (Å²) in [5.41, 5.74) is -0.513. The van der Waals surface area contributed by atoms with Crippen LogP contribution < -0.4 is 5.32 Å². The zero-order valence-electron chi connectivity index (χ0n) is 13.1. The lowest BCUT2D eigenvalue weighted by Crippen LogP contribution is -2.45. The molecular formula is C16H22Cl2F4N2. The van der Waals surface area contributed by atoms with Crippen molar-refractivity contribution in [1.82, 2.24) is 10.2 Å². The van der Waals surface area contributed by atoms with E-state index in [9.17, 15) is 17.6 Å². The lowest BCUT2D eigenvalue weighted by Gasteiger charge is -2.35. The van der Waals surface area contributed by atoms with E-state index >= 15 is 0 Å². The van der Waals surface area contributed by atoms with Gasteiger partial charge >= 0.3 is 6.18 Å². The van der Waals surface area contributed by atoms with E-state index in [4.69, 9.17) is 0 Å². The van der Waals surface area contributed by atoms with E-state index < -0.39 is 17.6 Å². The Morgan fingerprint density at radius 1 is 1.12 bits per heavy atom. The second-order valence-corrected chi connectivity index (χ2v) is 6.21. The summed E-state index contributed by atoms with van der Waals surface area (Å²) < 4.78 is 52.4. The highest BCUT2D eigenvalue weighted by Gasteiger charge is 2.34. The summed E-state index contributed by atoms with van der Waals surface area (Å²) in [6.07, 6.45) is -1.38. The van der Waals surface area contributed by atoms with Gasteiger partial charge in [0.25, 0.3) is 0 Å². The predicted molar refractivity (Wildman–Crippen MR) is 90.4 cm³/mol. The topological polar surface area (TPSA) is 15.3 Å². The van der Waals surface area contributed by atoms with Crippen LogP contribution in [0.5, 0.6) is 0 Å². The van der Waals surface area contributed by atoms with Gasteiger partial charge in [-0.2, -0.15) is 13.2 Å². The highest BCUT2D eigenvalue weighted by Crippen LogP contribution is 2.41. The van der Waals surface area contributed by atoms with E-state index in [0.717, 1.165) is 51.5 Å². The Kier molecular flexibility index (Phi) is 7.78. The molecule has 1 N–H and O–H groups in total. The van der Waals surface area contributed by atoms with Crippen LogP contribution in [0.3, 0.4) is 0 Å². The molecule has 138 valence electrons. The summed E-state index contributed by atoms with van der Waals surface area (Å²) >= 11 is 0. The highest BCUT2D eigenvalue weighted by molar-refractivity contribution is 5.85. The molecule has 1 atom stereocenters. The van der Waals surface area contributed by atoms with E-state index in [2.05, 4.69) is 10.2 Å². The number of nitrogens with one attached hydrogen (secondary N) is 1. The van der Waals surface area contributed by atoms with Crippen LogP contribution in [0.2, 0.25) is 0 Å². The van der Waals surface area contributed by atoms with Crippen molar-refractivity contribution < 1.29 is 17.6 Å². The van der Waals surface area contributed by atoms with Crippen LogP contribution in [0.25, 0.3) is 0 Å². The van der Waals surface area contributed by atoms with Crippen LogP contribution in [-0.4, -0.2) is 31.1 Å². The van der Waals surface area contributed by atoms with Crippen molar-refractivity contribution in [2.24, 2.45) is 5.92 Å². The minimum absolute atomic E-state index is 0. The third-order valence-corrected chi connectivity index (χ3v) is 4.53. The number of benzene rings is 1. The number of alkyl halides is 3. The van der Waals surface area contributed by atoms with Crippen molar-refractivity contribution >= 4 is 24.8 Å². The SMILES string of the molecule is Cl.Cl.Fc1cc(C(F)(F)F)ccc1[C@@H](CC1CC1)N1CCNCC1. The Bertz CT molecular complexity index is 529. The molecule has 1 saturated carbocycles. The van der Waals surface area contributed by atoms with Gasteiger partial charge in [-0.15, -0.1) is 24.8 Å². The number of piperazine rings is 1. The van der Waals surface area contributed by atoms with Gasteiger partial charge in [0.05, 0.1) is 5.56 Å². The average Bonchev–Trinajstić information content (AvgIpc) is 3.29. The monoisotopic (exact) mass is 388 g/mol.